The molecule has 1 fully saturated rings. The number of benzene rings is 1. The van der Waals surface area contributed by atoms with Crippen molar-refractivity contribution in [3.8, 4) is 11.3 Å². The van der Waals surface area contributed by atoms with E-state index in [1.54, 1.807) is 49.9 Å². The Morgan fingerprint density at radius 1 is 1.12 bits per heavy atom. The molecule has 4 aromatic rings. The summed E-state index contributed by atoms with van der Waals surface area (Å²) >= 11 is 0. The van der Waals surface area contributed by atoms with Gasteiger partial charge in [0.1, 0.15) is 39.2 Å². The minimum absolute atomic E-state index is 0.0151. The van der Waals surface area contributed by atoms with Crippen LogP contribution in [0.25, 0.3) is 33.1 Å². The first-order valence-electron chi connectivity index (χ1n) is 13.3. The van der Waals surface area contributed by atoms with E-state index >= 15 is 0 Å². The summed E-state index contributed by atoms with van der Waals surface area (Å²) in [7, 11) is 3.96. The molecule has 0 spiro atoms. The molecule has 0 bridgehead atoms. The minimum Gasteiger partial charge on any atom is -0.443 e. The van der Waals surface area contributed by atoms with Gasteiger partial charge in [0.15, 0.2) is 0 Å². The Bertz CT molecular complexity index is 1640. The summed E-state index contributed by atoms with van der Waals surface area (Å²) in [6, 6.07) is 8.35. The zero-order valence-electron chi connectivity index (χ0n) is 23.6. The maximum absolute atomic E-state index is 13.7. The first-order chi connectivity index (χ1) is 19.1. The zero-order valence-corrected chi connectivity index (χ0v) is 23.6. The van der Waals surface area contributed by atoms with Crippen LogP contribution in [0, 0.1) is 0 Å². The highest BCUT2D eigenvalue weighted by Gasteiger charge is 2.33. The summed E-state index contributed by atoms with van der Waals surface area (Å²) in [5.74, 6) is -0.395. The summed E-state index contributed by atoms with van der Waals surface area (Å²) in [5, 5.41) is 4.97. The number of rotatable bonds is 3. The summed E-state index contributed by atoms with van der Waals surface area (Å²) < 4.78 is 54.3. The van der Waals surface area contributed by atoms with Crippen molar-refractivity contribution in [3.63, 3.8) is 0 Å². The fraction of sp³-hybridized carbons (Fsp3) is 0.407. The van der Waals surface area contributed by atoms with Gasteiger partial charge in [-0.15, -0.1) is 0 Å². The Labute approximate surface area is 236 Å². The number of aromatic nitrogens is 4. The van der Waals surface area contributed by atoms with Crippen LogP contribution in [0.3, 0.4) is 0 Å². The van der Waals surface area contributed by atoms with Gasteiger partial charge in [0, 0.05) is 48.4 Å². The third-order valence-corrected chi connectivity index (χ3v) is 6.65. The van der Waals surface area contributed by atoms with Gasteiger partial charge < -0.3 is 14.4 Å². The van der Waals surface area contributed by atoms with E-state index in [2.05, 4.69) is 10.1 Å². The van der Waals surface area contributed by atoms with Crippen molar-refractivity contribution >= 4 is 49.5 Å². The molecule has 1 aliphatic rings. The fourth-order valence-electron chi connectivity index (χ4n) is 5.01. The molecule has 0 radical (unpaired) electrons. The number of ether oxygens (including phenoxy) is 2. The minimum atomic E-state index is -4.57. The topological polar surface area (TPSA) is 91.5 Å². The quantitative estimate of drug-likeness (QED) is 0.354. The Balaban J connectivity index is 1.64. The van der Waals surface area contributed by atoms with E-state index in [1.807, 2.05) is 15.7 Å². The van der Waals surface area contributed by atoms with Gasteiger partial charge in [0.2, 0.25) is 0 Å². The molecular formula is C27H30B2F3N5O4. The number of fused-ring (bicyclic) bond motifs is 2. The van der Waals surface area contributed by atoms with Gasteiger partial charge in [-0.2, -0.15) is 18.3 Å². The van der Waals surface area contributed by atoms with Crippen molar-refractivity contribution in [2.45, 2.75) is 44.3 Å². The number of nitrogens with zero attached hydrogens (tertiary/aromatic N) is 5. The van der Waals surface area contributed by atoms with Crippen LogP contribution < -0.4 is 0 Å². The van der Waals surface area contributed by atoms with E-state index in [0.717, 1.165) is 4.68 Å². The molecule has 41 heavy (non-hydrogen) atoms. The van der Waals surface area contributed by atoms with Crippen molar-refractivity contribution < 1.29 is 32.2 Å². The molecule has 9 nitrogen and oxygen atoms in total. The van der Waals surface area contributed by atoms with E-state index in [-0.39, 0.29) is 22.1 Å². The van der Waals surface area contributed by atoms with Gasteiger partial charge in [-0.1, -0.05) is 18.2 Å². The number of carbonyl (C=O) groups excluding carboxylic acids is 2. The van der Waals surface area contributed by atoms with Gasteiger partial charge in [-0.3, -0.25) is 19.0 Å². The number of alkyl halides is 3. The third-order valence-electron chi connectivity index (χ3n) is 6.65. The predicted molar refractivity (Wildman–Crippen MR) is 153 cm³/mol. The Morgan fingerprint density at radius 2 is 1.85 bits per heavy atom. The molecule has 0 N–H and O–H groups in total. The number of pyridine rings is 1. The van der Waals surface area contributed by atoms with Crippen LogP contribution in [0.15, 0.2) is 42.7 Å². The SMILES string of the molecule is BC1(B)COCCN(C(=O)c2cc3c(cn2)c(-c2cn(C(=O)OC(C)(C)C)c4ccccc24)nn3CC(F)(F)F)C1. The van der Waals surface area contributed by atoms with Crippen molar-refractivity contribution in [1.29, 1.82) is 0 Å². The van der Waals surface area contributed by atoms with E-state index < -0.39 is 30.3 Å². The molecule has 14 heteroatoms. The molecule has 0 unspecified atom stereocenters. The van der Waals surface area contributed by atoms with Crippen LogP contribution in [0.1, 0.15) is 31.3 Å². The molecule has 0 atom stereocenters. The van der Waals surface area contributed by atoms with Crippen molar-refractivity contribution in [2.24, 2.45) is 0 Å². The average Bonchev–Trinajstić information content (AvgIpc) is 3.35. The van der Waals surface area contributed by atoms with Gasteiger partial charge >= 0.3 is 12.3 Å². The molecule has 1 amide bonds. The maximum atomic E-state index is 13.7. The van der Waals surface area contributed by atoms with Gasteiger partial charge in [0.05, 0.1) is 17.6 Å². The monoisotopic (exact) mass is 567 g/mol. The molecule has 1 saturated heterocycles. The second kappa shape index (κ2) is 10.2. The predicted octanol–water partition coefficient (Wildman–Crippen LogP) is 3.25. The third kappa shape index (κ3) is 6.12. The molecule has 3 aromatic heterocycles. The first kappa shape index (κ1) is 28.7. The fourth-order valence-corrected chi connectivity index (χ4v) is 5.01. The number of hydrogen-bond donors (Lipinski definition) is 0. The van der Waals surface area contributed by atoms with E-state index in [1.165, 1.54) is 23.0 Å². The van der Waals surface area contributed by atoms with Crippen molar-refractivity contribution in [2.75, 3.05) is 26.3 Å². The normalized spacial score (nSPS) is 16.2. The zero-order chi connectivity index (χ0) is 29.7. The summed E-state index contributed by atoms with van der Waals surface area (Å²) in [5.41, 5.74) is 0.520. The molecule has 0 saturated carbocycles. The smallest absolute Gasteiger partial charge is 0.419 e. The van der Waals surface area contributed by atoms with Crippen LogP contribution in [0.5, 0.6) is 0 Å². The van der Waals surface area contributed by atoms with Crippen molar-refractivity contribution in [1.82, 2.24) is 24.2 Å². The largest absolute Gasteiger partial charge is 0.443 e. The second-order valence-corrected chi connectivity index (χ2v) is 12.1. The molecular weight excluding hydrogens is 537 g/mol. The number of carbonyl (C=O) groups is 2. The summed E-state index contributed by atoms with van der Waals surface area (Å²) in [6.45, 7) is 5.48. The number of amides is 1. The summed E-state index contributed by atoms with van der Waals surface area (Å²) in [4.78, 5) is 32.4. The van der Waals surface area contributed by atoms with E-state index in [4.69, 9.17) is 9.47 Å². The van der Waals surface area contributed by atoms with Crippen LogP contribution in [0.2, 0.25) is 5.21 Å². The van der Waals surface area contributed by atoms with Crippen LogP contribution >= 0.6 is 0 Å². The Hall–Kier alpha value is -3.80. The highest BCUT2D eigenvalue weighted by Crippen LogP contribution is 2.36. The lowest BCUT2D eigenvalue weighted by atomic mass is 9.55. The van der Waals surface area contributed by atoms with Crippen molar-refractivity contribution in [3.05, 3.63) is 48.4 Å². The molecule has 5 rings (SSSR count). The molecule has 4 heterocycles. The Kier molecular flexibility index (Phi) is 7.17. The lowest BCUT2D eigenvalue weighted by Gasteiger charge is -2.28. The lowest BCUT2D eigenvalue weighted by Crippen LogP contribution is -2.39. The molecule has 1 aliphatic heterocycles. The van der Waals surface area contributed by atoms with E-state index in [0.29, 0.717) is 48.2 Å². The van der Waals surface area contributed by atoms with Crippen LogP contribution in [-0.4, -0.2) is 90.0 Å². The van der Waals surface area contributed by atoms with Crippen LogP contribution in [0.4, 0.5) is 18.0 Å². The van der Waals surface area contributed by atoms with Gasteiger partial charge in [0.25, 0.3) is 5.91 Å². The number of hydrogen-bond acceptors (Lipinski definition) is 6. The average molecular weight is 567 g/mol. The number of halogens is 3. The maximum Gasteiger partial charge on any atom is 0.419 e. The van der Waals surface area contributed by atoms with Crippen LogP contribution in [-0.2, 0) is 16.0 Å². The standard InChI is InChI=1S/C27H30B2F3N5O4/c1-25(2,3)41-24(39)36-12-18(16-6-4-5-7-20(16)36)22-17-11-33-19(10-21(17)37(34-22)14-27(30,31)32)23(38)35-8-9-40-15-26(28,29)13-35/h4-7,10-12H,8-9,13-15,28-29H2,1-3H3. The number of para-hydroxylation sites is 1. The van der Waals surface area contributed by atoms with Gasteiger partial charge in [-0.05, 0) is 38.1 Å². The van der Waals surface area contributed by atoms with E-state index in [9.17, 15) is 22.8 Å². The molecule has 214 valence electrons. The Morgan fingerprint density at radius 3 is 2.56 bits per heavy atom. The first-order valence-corrected chi connectivity index (χ1v) is 13.3. The molecule has 0 aliphatic carbocycles. The second-order valence-electron chi connectivity index (χ2n) is 12.1. The summed E-state index contributed by atoms with van der Waals surface area (Å²) in [6.07, 6.45) is -2.32. The molecule has 1 aromatic carbocycles. The highest BCUT2D eigenvalue weighted by atomic mass is 19.4. The lowest BCUT2D eigenvalue weighted by molar-refractivity contribution is -0.141. The van der Waals surface area contributed by atoms with Gasteiger partial charge in [-0.25, -0.2) is 4.79 Å². The highest BCUT2D eigenvalue weighted by molar-refractivity contribution is 6.40.